The summed E-state index contributed by atoms with van der Waals surface area (Å²) in [6.07, 6.45) is 6.03. The Kier molecular flexibility index (Phi) is 4.07. The first kappa shape index (κ1) is 13.1. The summed E-state index contributed by atoms with van der Waals surface area (Å²) >= 11 is 5.79. The van der Waals surface area contributed by atoms with Gasteiger partial charge in [0, 0.05) is 6.04 Å². The van der Waals surface area contributed by atoms with Crippen molar-refractivity contribution in [3.63, 3.8) is 0 Å². The van der Waals surface area contributed by atoms with Crippen LogP contribution in [0.3, 0.4) is 0 Å². The van der Waals surface area contributed by atoms with Crippen molar-refractivity contribution < 1.29 is 4.79 Å². The maximum absolute atomic E-state index is 12.2. The number of rotatable bonds is 2. The van der Waals surface area contributed by atoms with Gasteiger partial charge < -0.3 is 11.1 Å². The molecule has 18 heavy (non-hydrogen) atoms. The number of pyridine rings is 1. The molecule has 1 aliphatic rings. The van der Waals surface area contributed by atoms with Gasteiger partial charge in [-0.2, -0.15) is 0 Å². The lowest BCUT2D eigenvalue weighted by atomic mass is 9.86. The average molecular weight is 268 g/mol. The molecule has 1 heterocycles. The number of hydrogen-bond acceptors (Lipinski definition) is 3. The summed E-state index contributed by atoms with van der Waals surface area (Å²) in [5.41, 5.74) is 6.52. The number of nitrogens with zero attached hydrogens (tertiary/aromatic N) is 1. The molecule has 3 N–H and O–H groups in total. The van der Waals surface area contributed by atoms with Crippen molar-refractivity contribution in [1.82, 2.24) is 10.3 Å². The number of halogens is 1. The van der Waals surface area contributed by atoms with Gasteiger partial charge in [-0.3, -0.25) is 4.79 Å². The highest BCUT2D eigenvalue weighted by atomic mass is 35.5. The Balaban J connectivity index is 2.09. The molecule has 0 bridgehead atoms. The number of hydrogen-bond donors (Lipinski definition) is 2. The molecule has 2 rings (SSSR count). The topological polar surface area (TPSA) is 68.0 Å². The third-order valence-corrected chi connectivity index (χ3v) is 3.78. The number of amides is 1. The molecule has 0 aromatic carbocycles. The monoisotopic (exact) mass is 267 g/mol. The van der Waals surface area contributed by atoms with Gasteiger partial charge in [-0.25, -0.2) is 4.98 Å². The van der Waals surface area contributed by atoms with Crippen molar-refractivity contribution in [3.05, 3.63) is 23.0 Å². The second kappa shape index (κ2) is 5.57. The Morgan fingerprint density at radius 1 is 1.50 bits per heavy atom. The molecule has 0 saturated heterocycles. The molecule has 1 aromatic heterocycles. The Morgan fingerprint density at radius 3 is 2.94 bits per heavy atom. The number of aromatic nitrogens is 1. The Labute approximate surface area is 112 Å². The normalized spacial score (nSPS) is 23.7. The van der Waals surface area contributed by atoms with Gasteiger partial charge in [-0.05, 0) is 24.8 Å². The maximum Gasteiger partial charge on any atom is 0.253 e. The molecule has 0 aliphatic heterocycles. The summed E-state index contributed by atoms with van der Waals surface area (Å²) in [6, 6.07) is 1.75. The summed E-state index contributed by atoms with van der Waals surface area (Å²) in [6.45, 7) is 2.17. The summed E-state index contributed by atoms with van der Waals surface area (Å²) in [4.78, 5) is 16.0. The lowest BCUT2D eigenvalue weighted by Gasteiger charge is -2.29. The van der Waals surface area contributed by atoms with Gasteiger partial charge >= 0.3 is 0 Å². The van der Waals surface area contributed by atoms with Gasteiger partial charge in [0.1, 0.15) is 5.15 Å². The standard InChI is InChI=1S/C13H18ClN3O/c1-8-4-2-3-5-11(8)17-13(18)9-6-12(14)16-7-10(9)15/h6-8,11H,2-5,15H2,1H3,(H,17,18). The molecule has 0 spiro atoms. The minimum atomic E-state index is -0.157. The fraction of sp³-hybridized carbons (Fsp3) is 0.538. The van der Waals surface area contributed by atoms with E-state index in [1.54, 1.807) is 0 Å². The molecule has 5 heteroatoms. The van der Waals surface area contributed by atoms with Crippen molar-refractivity contribution >= 4 is 23.2 Å². The molecule has 1 amide bonds. The Hall–Kier alpha value is -1.29. The van der Waals surface area contributed by atoms with E-state index in [1.165, 1.54) is 25.1 Å². The lowest BCUT2D eigenvalue weighted by Crippen LogP contribution is -2.41. The maximum atomic E-state index is 12.2. The van der Waals surface area contributed by atoms with Crippen LogP contribution in [0.25, 0.3) is 0 Å². The van der Waals surface area contributed by atoms with E-state index in [4.69, 9.17) is 17.3 Å². The average Bonchev–Trinajstić information content (AvgIpc) is 2.35. The molecule has 1 aliphatic carbocycles. The zero-order valence-corrected chi connectivity index (χ0v) is 11.2. The molecular formula is C13H18ClN3O. The van der Waals surface area contributed by atoms with Gasteiger partial charge in [0.15, 0.2) is 0 Å². The summed E-state index contributed by atoms with van der Waals surface area (Å²) in [5.74, 6) is 0.358. The van der Waals surface area contributed by atoms with E-state index in [9.17, 15) is 4.79 Å². The minimum absolute atomic E-state index is 0.157. The largest absolute Gasteiger partial charge is 0.397 e. The predicted molar refractivity (Wildman–Crippen MR) is 72.5 cm³/mol. The zero-order valence-electron chi connectivity index (χ0n) is 10.4. The van der Waals surface area contributed by atoms with Crippen molar-refractivity contribution in [2.45, 2.75) is 38.6 Å². The van der Waals surface area contributed by atoms with Crippen molar-refractivity contribution in [1.29, 1.82) is 0 Å². The predicted octanol–water partition coefficient (Wildman–Crippen LogP) is 2.63. The highest BCUT2D eigenvalue weighted by Gasteiger charge is 2.24. The van der Waals surface area contributed by atoms with Crippen molar-refractivity contribution in [2.75, 3.05) is 5.73 Å². The van der Waals surface area contributed by atoms with E-state index >= 15 is 0 Å². The van der Waals surface area contributed by atoms with Crippen LogP contribution < -0.4 is 11.1 Å². The molecule has 1 aromatic rings. The second-order valence-electron chi connectivity index (χ2n) is 4.94. The molecule has 2 unspecified atom stereocenters. The van der Waals surface area contributed by atoms with E-state index in [0.29, 0.717) is 17.2 Å². The van der Waals surface area contributed by atoms with Crippen LogP contribution in [0.1, 0.15) is 43.0 Å². The van der Waals surface area contributed by atoms with Crippen LogP contribution >= 0.6 is 11.6 Å². The minimum Gasteiger partial charge on any atom is -0.397 e. The van der Waals surface area contributed by atoms with Gasteiger partial charge in [0.2, 0.25) is 0 Å². The van der Waals surface area contributed by atoms with Gasteiger partial charge in [-0.15, -0.1) is 0 Å². The van der Waals surface area contributed by atoms with Crippen LogP contribution in [-0.4, -0.2) is 16.9 Å². The first-order valence-electron chi connectivity index (χ1n) is 6.30. The number of nitrogens with one attached hydrogen (secondary N) is 1. The molecule has 1 saturated carbocycles. The molecule has 4 nitrogen and oxygen atoms in total. The number of carbonyl (C=O) groups excluding carboxylic acids is 1. The summed E-state index contributed by atoms with van der Waals surface area (Å²) < 4.78 is 0. The molecular weight excluding hydrogens is 250 g/mol. The number of anilines is 1. The van der Waals surface area contributed by atoms with E-state index in [1.807, 2.05) is 0 Å². The first-order chi connectivity index (χ1) is 8.58. The molecule has 2 atom stereocenters. The fourth-order valence-corrected chi connectivity index (χ4v) is 2.57. The highest BCUT2D eigenvalue weighted by molar-refractivity contribution is 6.29. The van der Waals surface area contributed by atoms with Gasteiger partial charge in [0.05, 0.1) is 17.4 Å². The van der Waals surface area contributed by atoms with Crippen LogP contribution in [0.4, 0.5) is 5.69 Å². The van der Waals surface area contributed by atoms with E-state index in [2.05, 4.69) is 17.2 Å². The number of carbonyl (C=O) groups is 1. The Morgan fingerprint density at radius 2 is 2.22 bits per heavy atom. The summed E-state index contributed by atoms with van der Waals surface area (Å²) in [7, 11) is 0. The number of nitrogen functional groups attached to an aromatic ring is 1. The van der Waals surface area contributed by atoms with Crippen LogP contribution in [-0.2, 0) is 0 Å². The second-order valence-corrected chi connectivity index (χ2v) is 5.32. The first-order valence-corrected chi connectivity index (χ1v) is 6.67. The van der Waals surface area contributed by atoms with Crippen LogP contribution in [0.5, 0.6) is 0 Å². The molecule has 1 fully saturated rings. The quantitative estimate of drug-likeness (QED) is 0.810. The highest BCUT2D eigenvalue weighted by Crippen LogP contribution is 2.24. The molecule has 0 radical (unpaired) electrons. The third kappa shape index (κ3) is 2.93. The van der Waals surface area contributed by atoms with E-state index < -0.39 is 0 Å². The molecule has 98 valence electrons. The SMILES string of the molecule is CC1CCCCC1NC(=O)c1cc(Cl)ncc1N. The van der Waals surface area contributed by atoms with E-state index in [0.717, 1.165) is 12.8 Å². The lowest BCUT2D eigenvalue weighted by molar-refractivity contribution is 0.0911. The number of nitrogens with two attached hydrogens (primary N) is 1. The smallest absolute Gasteiger partial charge is 0.253 e. The van der Waals surface area contributed by atoms with Gasteiger partial charge in [-0.1, -0.05) is 31.4 Å². The zero-order chi connectivity index (χ0) is 13.1. The summed E-state index contributed by atoms with van der Waals surface area (Å²) in [5, 5.41) is 3.33. The van der Waals surface area contributed by atoms with Crippen LogP contribution in [0, 0.1) is 5.92 Å². The van der Waals surface area contributed by atoms with Crippen LogP contribution in [0.15, 0.2) is 12.3 Å². The third-order valence-electron chi connectivity index (χ3n) is 3.57. The van der Waals surface area contributed by atoms with Gasteiger partial charge in [0.25, 0.3) is 5.91 Å². The van der Waals surface area contributed by atoms with Crippen LogP contribution in [0.2, 0.25) is 5.15 Å². The Bertz CT molecular complexity index is 450. The van der Waals surface area contributed by atoms with E-state index in [-0.39, 0.29) is 17.1 Å². The van der Waals surface area contributed by atoms with Crippen molar-refractivity contribution in [3.8, 4) is 0 Å². The van der Waals surface area contributed by atoms with Crippen molar-refractivity contribution in [2.24, 2.45) is 5.92 Å². The fourth-order valence-electron chi connectivity index (χ4n) is 2.41.